The minimum absolute atomic E-state index is 0.180. The Labute approximate surface area is 117 Å². The lowest BCUT2D eigenvalue weighted by molar-refractivity contribution is 0.516. The molecule has 1 aliphatic rings. The van der Waals surface area contributed by atoms with Crippen molar-refractivity contribution in [1.82, 2.24) is 9.78 Å². The number of anilines is 1. The van der Waals surface area contributed by atoms with Gasteiger partial charge in [-0.25, -0.2) is 4.68 Å². The molecule has 1 aromatic heterocycles. The van der Waals surface area contributed by atoms with Crippen molar-refractivity contribution >= 4 is 17.3 Å². The van der Waals surface area contributed by atoms with Gasteiger partial charge < -0.3 is 11.1 Å². The fourth-order valence-electron chi connectivity index (χ4n) is 2.53. The van der Waals surface area contributed by atoms with Gasteiger partial charge in [0.25, 0.3) is 5.56 Å². The van der Waals surface area contributed by atoms with Crippen LogP contribution in [0.4, 0.5) is 5.69 Å². The first kappa shape index (κ1) is 14.1. The zero-order chi connectivity index (χ0) is 13.8. The Kier molecular flexibility index (Phi) is 4.61. The van der Waals surface area contributed by atoms with E-state index < -0.39 is 0 Å². The van der Waals surface area contributed by atoms with Crippen LogP contribution in [0.5, 0.6) is 0 Å². The highest BCUT2D eigenvalue weighted by molar-refractivity contribution is 6.32. The van der Waals surface area contributed by atoms with Crippen molar-refractivity contribution in [1.29, 1.82) is 0 Å². The average molecular weight is 283 g/mol. The van der Waals surface area contributed by atoms with Crippen LogP contribution in [0, 0.1) is 5.92 Å². The number of allylic oxidation sites excluding steroid dienone is 1. The molecule has 3 N–H and O–H groups in total. The zero-order valence-corrected chi connectivity index (χ0v) is 11.6. The molecule has 0 bridgehead atoms. The molecule has 0 saturated heterocycles. The normalized spacial score (nSPS) is 22.4. The van der Waals surface area contributed by atoms with Crippen molar-refractivity contribution in [3.8, 4) is 0 Å². The molecule has 2 atom stereocenters. The van der Waals surface area contributed by atoms with Crippen LogP contribution in [0.2, 0.25) is 5.02 Å². The first-order chi connectivity index (χ1) is 9.17. The van der Waals surface area contributed by atoms with E-state index in [0.29, 0.717) is 24.7 Å². The largest absolute Gasteiger partial charge is 0.379 e. The van der Waals surface area contributed by atoms with Crippen LogP contribution in [0.3, 0.4) is 0 Å². The maximum absolute atomic E-state index is 12.0. The number of nitrogens with zero attached hydrogens (tertiary/aromatic N) is 2. The molecule has 1 fully saturated rings. The molecule has 104 valence electrons. The molecule has 5 nitrogen and oxygen atoms in total. The molecule has 2 unspecified atom stereocenters. The molecule has 1 aromatic rings. The summed E-state index contributed by atoms with van der Waals surface area (Å²) in [4.78, 5) is 12.0. The third-order valence-corrected chi connectivity index (χ3v) is 3.95. The SMILES string of the molecule is C=CCn1ncc(NC2CCCC2CN)c(Cl)c1=O. The highest BCUT2D eigenvalue weighted by Crippen LogP contribution is 2.29. The van der Waals surface area contributed by atoms with Gasteiger partial charge in [-0.05, 0) is 25.3 Å². The summed E-state index contributed by atoms with van der Waals surface area (Å²) in [5.74, 6) is 0.437. The predicted octanol–water partition coefficient (Wildman–Crippen LogP) is 1.62. The van der Waals surface area contributed by atoms with Crippen molar-refractivity contribution in [2.45, 2.75) is 31.8 Å². The molecule has 0 aromatic carbocycles. The minimum atomic E-state index is -0.297. The molecule has 0 amide bonds. The van der Waals surface area contributed by atoms with Crippen LogP contribution >= 0.6 is 11.6 Å². The van der Waals surface area contributed by atoms with E-state index in [9.17, 15) is 4.79 Å². The number of halogens is 1. The highest BCUT2D eigenvalue weighted by atomic mass is 35.5. The number of nitrogens with one attached hydrogen (secondary N) is 1. The Balaban J connectivity index is 2.19. The molecular formula is C13H19ClN4O. The molecule has 1 aliphatic carbocycles. The molecule has 1 saturated carbocycles. The van der Waals surface area contributed by atoms with E-state index in [-0.39, 0.29) is 16.6 Å². The van der Waals surface area contributed by atoms with Crippen LogP contribution in [0.15, 0.2) is 23.6 Å². The molecule has 6 heteroatoms. The molecule has 0 aliphatic heterocycles. The number of hydrogen-bond acceptors (Lipinski definition) is 4. The Bertz CT molecular complexity index is 514. The van der Waals surface area contributed by atoms with E-state index in [1.807, 2.05) is 0 Å². The van der Waals surface area contributed by atoms with Crippen LogP contribution in [0.1, 0.15) is 19.3 Å². The van der Waals surface area contributed by atoms with Gasteiger partial charge in [0, 0.05) is 6.04 Å². The van der Waals surface area contributed by atoms with Crippen LogP contribution in [0.25, 0.3) is 0 Å². The summed E-state index contributed by atoms with van der Waals surface area (Å²) in [5, 5.41) is 7.56. The number of hydrogen-bond donors (Lipinski definition) is 2. The van der Waals surface area contributed by atoms with E-state index in [0.717, 1.165) is 19.3 Å². The maximum Gasteiger partial charge on any atom is 0.287 e. The standard InChI is InChI=1S/C13H19ClN4O/c1-2-6-18-13(19)12(14)11(8-16-18)17-10-5-3-4-9(10)7-15/h2,8-10,17H,1,3-7,15H2. The van der Waals surface area contributed by atoms with E-state index >= 15 is 0 Å². The topological polar surface area (TPSA) is 72.9 Å². The molecule has 2 rings (SSSR count). The van der Waals surface area contributed by atoms with Gasteiger partial charge in [-0.2, -0.15) is 5.10 Å². The Morgan fingerprint density at radius 1 is 1.63 bits per heavy atom. The smallest absolute Gasteiger partial charge is 0.287 e. The van der Waals surface area contributed by atoms with Gasteiger partial charge in [0.05, 0.1) is 18.4 Å². The number of rotatable bonds is 5. The van der Waals surface area contributed by atoms with Crippen molar-refractivity contribution in [3.05, 3.63) is 34.2 Å². The monoisotopic (exact) mass is 282 g/mol. The maximum atomic E-state index is 12.0. The predicted molar refractivity (Wildman–Crippen MR) is 77.5 cm³/mol. The first-order valence-corrected chi connectivity index (χ1v) is 6.88. The van der Waals surface area contributed by atoms with Crippen molar-refractivity contribution in [3.63, 3.8) is 0 Å². The van der Waals surface area contributed by atoms with E-state index in [4.69, 9.17) is 17.3 Å². The lowest BCUT2D eigenvalue weighted by Gasteiger charge is -2.21. The molecule has 19 heavy (non-hydrogen) atoms. The quantitative estimate of drug-likeness (QED) is 0.805. The third-order valence-electron chi connectivity index (χ3n) is 3.59. The molecular weight excluding hydrogens is 264 g/mol. The Morgan fingerprint density at radius 3 is 3.11 bits per heavy atom. The van der Waals surface area contributed by atoms with E-state index in [2.05, 4.69) is 17.0 Å². The van der Waals surface area contributed by atoms with Gasteiger partial charge in [-0.15, -0.1) is 6.58 Å². The number of aromatic nitrogens is 2. The summed E-state index contributed by atoms with van der Waals surface area (Å²) in [5.41, 5.74) is 6.04. The number of nitrogens with two attached hydrogens (primary N) is 1. The summed E-state index contributed by atoms with van der Waals surface area (Å²) >= 11 is 6.10. The van der Waals surface area contributed by atoms with Gasteiger partial charge in [0.2, 0.25) is 0 Å². The van der Waals surface area contributed by atoms with Gasteiger partial charge in [-0.1, -0.05) is 24.1 Å². The molecule has 0 spiro atoms. The summed E-state index contributed by atoms with van der Waals surface area (Å²) in [6.45, 7) is 4.58. The fraction of sp³-hybridized carbons (Fsp3) is 0.538. The van der Waals surface area contributed by atoms with Crippen LogP contribution in [-0.4, -0.2) is 22.4 Å². The van der Waals surface area contributed by atoms with E-state index in [1.54, 1.807) is 12.3 Å². The van der Waals surface area contributed by atoms with Gasteiger partial charge in [-0.3, -0.25) is 4.79 Å². The minimum Gasteiger partial charge on any atom is -0.379 e. The van der Waals surface area contributed by atoms with Crippen LogP contribution in [-0.2, 0) is 6.54 Å². The fourth-order valence-corrected chi connectivity index (χ4v) is 2.73. The van der Waals surface area contributed by atoms with Crippen molar-refractivity contribution in [2.24, 2.45) is 11.7 Å². The summed E-state index contributed by atoms with van der Waals surface area (Å²) in [6, 6.07) is 0.277. The highest BCUT2D eigenvalue weighted by Gasteiger charge is 2.26. The molecule has 1 heterocycles. The van der Waals surface area contributed by atoms with Gasteiger partial charge in [0.1, 0.15) is 5.02 Å². The van der Waals surface area contributed by atoms with E-state index in [1.165, 1.54) is 4.68 Å². The Hall–Kier alpha value is -1.33. The second-order valence-electron chi connectivity index (χ2n) is 4.83. The van der Waals surface area contributed by atoms with Crippen LogP contribution < -0.4 is 16.6 Å². The second kappa shape index (κ2) is 6.21. The summed E-state index contributed by atoms with van der Waals surface area (Å²) in [7, 11) is 0. The second-order valence-corrected chi connectivity index (χ2v) is 5.20. The molecule has 0 radical (unpaired) electrons. The third kappa shape index (κ3) is 2.98. The lowest BCUT2D eigenvalue weighted by Crippen LogP contribution is -2.31. The van der Waals surface area contributed by atoms with Crippen molar-refractivity contribution < 1.29 is 0 Å². The lowest BCUT2D eigenvalue weighted by atomic mass is 10.0. The first-order valence-electron chi connectivity index (χ1n) is 6.50. The summed E-state index contributed by atoms with van der Waals surface area (Å²) in [6.07, 6.45) is 6.52. The Morgan fingerprint density at radius 2 is 2.42 bits per heavy atom. The zero-order valence-electron chi connectivity index (χ0n) is 10.8. The van der Waals surface area contributed by atoms with Crippen molar-refractivity contribution in [2.75, 3.05) is 11.9 Å². The van der Waals surface area contributed by atoms with Gasteiger partial charge >= 0.3 is 0 Å². The van der Waals surface area contributed by atoms with Gasteiger partial charge in [0.15, 0.2) is 0 Å². The average Bonchev–Trinajstić information content (AvgIpc) is 2.86. The summed E-state index contributed by atoms with van der Waals surface area (Å²) < 4.78 is 1.29.